The monoisotopic (exact) mass is 370 g/mol. The Labute approximate surface area is 159 Å². The van der Waals surface area contributed by atoms with Gasteiger partial charge < -0.3 is 15.6 Å². The number of amides is 1. The topological polar surface area (TPSA) is 92.1 Å². The summed E-state index contributed by atoms with van der Waals surface area (Å²) in [6.45, 7) is 1.93. The fourth-order valence-corrected chi connectivity index (χ4v) is 6.83. The maximum Gasteiger partial charge on any atom is 0.263 e. The highest BCUT2D eigenvalue weighted by molar-refractivity contribution is 5.93. The fourth-order valence-electron chi connectivity index (χ4n) is 6.83. The van der Waals surface area contributed by atoms with Gasteiger partial charge in [0.1, 0.15) is 11.4 Å². The number of carbonyl (C=O) groups excluding carboxylic acids is 1. The lowest BCUT2D eigenvalue weighted by Gasteiger charge is -2.56. The Bertz CT molecular complexity index is 766. The Morgan fingerprint density at radius 1 is 1.22 bits per heavy atom. The summed E-state index contributed by atoms with van der Waals surface area (Å²) >= 11 is 0. The molecule has 0 unspecified atom stereocenters. The molecule has 2 heterocycles. The number of rotatable bonds is 3. The Kier molecular flexibility index (Phi) is 4.15. The Balaban J connectivity index is 1.40. The Morgan fingerprint density at radius 3 is 2.48 bits per heavy atom. The highest BCUT2D eigenvalue weighted by Crippen LogP contribution is 2.59. The van der Waals surface area contributed by atoms with E-state index in [4.69, 9.17) is 5.73 Å². The molecule has 27 heavy (non-hydrogen) atoms. The van der Waals surface area contributed by atoms with Crippen molar-refractivity contribution in [2.75, 3.05) is 19.6 Å². The van der Waals surface area contributed by atoms with E-state index in [9.17, 15) is 9.59 Å². The van der Waals surface area contributed by atoms with E-state index in [0.717, 1.165) is 55.7 Å². The van der Waals surface area contributed by atoms with E-state index < -0.39 is 0 Å². The van der Waals surface area contributed by atoms with Gasteiger partial charge in [-0.15, -0.1) is 0 Å². The molecule has 1 atom stereocenters. The van der Waals surface area contributed by atoms with Crippen LogP contribution in [0.25, 0.3) is 0 Å². The molecule has 1 amide bonds. The van der Waals surface area contributed by atoms with Crippen LogP contribution in [0.5, 0.6) is 0 Å². The second kappa shape index (κ2) is 6.43. The highest BCUT2D eigenvalue weighted by Gasteiger charge is 2.53. The van der Waals surface area contributed by atoms with Crippen LogP contribution in [0.3, 0.4) is 0 Å². The number of H-pyrrole nitrogens is 1. The van der Waals surface area contributed by atoms with E-state index in [2.05, 4.69) is 9.97 Å². The lowest BCUT2D eigenvalue weighted by atomic mass is 9.49. The van der Waals surface area contributed by atoms with E-state index >= 15 is 0 Å². The van der Waals surface area contributed by atoms with Crippen molar-refractivity contribution >= 4 is 5.91 Å². The number of carbonyl (C=O) groups is 1. The predicted molar refractivity (Wildman–Crippen MR) is 102 cm³/mol. The molecule has 5 aliphatic rings. The molecule has 4 bridgehead atoms. The number of piperidine rings is 1. The zero-order chi connectivity index (χ0) is 18.6. The molecule has 6 nitrogen and oxygen atoms in total. The van der Waals surface area contributed by atoms with Gasteiger partial charge in [0.25, 0.3) is 11.5 Å². The van der Waals surface area contributed by atoms with Crippen LogP contribution in [0.2, 0.25) is 0 Å². The third-order valence-corrected chi connectivity index (χ3v) is 7.71. The van der Waals surface area contributed by atoms with Gasteiger partial charge in [-0.25, -0.2) is 4.98 Å². The molecule has 6 heteroatoms. The average Bonchev–Trinajstić information content (AvgIpc) is 2.66. The molecule has 0 spiro atoms. The summed E-state index contributed by atoms with van der Waals surface area (Å²) in [5.74, 6) is 3.36. The van der Waals surface area contributed by atoms with Crippen molar-refractivity contribution in [1.29, 1.82) is 0 Å². The zero-order valence-electron chi connectivity index (χ0n) is 16.0. The lowest BCUT2D eigenvalue weighted by molar-refractivity contribution is -0.00955. The minimum atomic E-state index is -0.268. The minimum absolute atomic E-state index is 0.0469. The quantitative estimate of drug-likeness (QED) is 0.852. The van der Waals surface area contributed by atoms with E-state index in [1.807, 2.05) is 0 Å². The number of aromatic amines is 1. The average molecular weight is 370 g/mol. The van der Waals surface area contributed by atoms with Crippen LogP contribution in [-0.2, 0) is 5.41 Å². The molecular formula is C21H30N4O2. The second-order valence-electron chi connectivity index (χ2n) is 9.67. The van der Waals surface area contributed by atoms with Gasteiger partial charge in [0, 0.05) is 24.7 Å². The molecule has 0 radical (unpaired) electrons. The molecule has 5 fully saturated rings. The summed E-state index contributed by atoms with van der Waals surface area (Å²) in [6.07, 6.45) is 11.1. The minimum Gasteiger partial charge on any atom is -0.338 e. The van der Waals surface area contributed by atoms with Crippen molar-refractivity contribution in [3.05, 3.63) is 27.9 Å². The smallest absolute Gasteiger partial charge is 0.263 e. The molecule has 3 N–H and O–H groups in total. The lowest BCUT2D eigenvalue weighted by Crippen LogP contribution is -2.50. The van der Waals surface area contributed by atoms with Crippen LogP contribution in [0.1, 0.15) is 67.5 Å². The predicted octanol–water partition coefficient (Wildman–Crippen LogP) is 2.05. The molecule has 4 aliphatic carbocycles. The van der Waals surface area contributed by atoms with Crippen LogP contribution in [-0.4, -0.2) is 40.4 Å². The van der Waals surface area contributed by atoms with Gasteiger partial charge in [-0.2, -0.15) is 0 Å². The summed E-state index contributed by atoms with van der Waals surface area (Å²) in [6, 6.07) is 0. The van der Waals surface area contributed by atoms with Crippen LogP contribution < -0.4 is 11.3 Å². The summed E-state index contributed by atoms with van der Waals surface area (Å²) in [7, 11) is 0. The number of nitrogens with zero attached hydrogens (tertiary/aromatic N) is 2. The van der Waals surface area contributed by atoms with Crippen molar-refractivity contribution in [2.24, 2.45) is 29.4 Å². The number of hydrogen-bond acceptors (Lipinski definition) is 4. The molecule has 4 saturated carbocycles. The molecule has 0 aromatic carbocycles. The zero-order valence-corrected chi connectivity index (χ0v) is 16.0. The van der Waals surface area contributed by atoms with E-state index in [1.54, 1.807) is 11.1 Å². The number of aromatic nitrogens is 2. The maximum absolute atomic E-state index is 12.9. The van der Waals surface area contributed by atoms with E-state index in [0.29, 0.717) is 25.6 Å². The number of hydrogen-bond donors (Lipinski definition) is 2. The maximum atomic E-state index is 12.9. The van der Waals surface area contributed by atoms with Crippen molar-refractivity contribution in [3.8, 4) is 0 Å². The SMILES string of the molecule is NC[C@@H]1CCCN(C(=O)c2cnc(C34CC5CC(CC(C5)C3)C4)[nH]c2=O)C1. The Morgan fingerprint density at radius 2 is 1.89 bits per heavy atom. The van der Waals surface area contributed by atoms with Crippen molar-refractivity contribution in [2.45, 2.75) is 56.8 Å². The third kappa shape index (κ3) is 2.93. The molecular weight excluding hydrogens is 340 g/mol. The highest BCUT2D eigenvalue weighted by atomic mass is 16.2. The first kappa shape index (κ1) is 17.4. The first-order valence-electron chi connectivity index (χ1n) is 10.7. The molecule has 1 saturated heterocycles. The molecule has 1 aromatic heterocycles. The van der Waals surface area contributed by atoms with Crippen molar-refractivity contribution < 1.29 is 4.79 Å². The van der Waals surface area contributed by atoms with Gasteiger partial charge in [0.15, 0.2) is 0 Å². The number of nitrogens with two attached hydrogens (primary N) is 1. The van der Waals surface area contributed by atoms with Gasteiger partial charge in [-0.3, -0.25) is 9.59 Å². The molecule has 1 aromatic rings. The van der Waals surface area contributed by atoms with E-state index in [-0.39, 0.29) is 22.4 Å². The first-order valence-corrected chi connectivity index (χ1v) is 10.7. The standard InChI is InChI=1S/C21H30N4O2/c22-10-13-2-1-3-25(12-13)19(27)17-11-23-20(24-18(17)26)21-7-14-4-15(8-21)6-16(5-14)9-21/h11,13-16H,1-10,12,22H2,(H,23,24,26)/t13-,14?,15?,16?,21?/m0/s1. The second-order valence-corrected chi connectivity index (χ2v) is 9.67. The summed E-state index contributed by atoms with van der Waals surface area (Å²) in [4.78, 5) is 35.1. The molecule has 6 rings (SSSR count). The van der Waals surface area contributed by atoms with Gasteiger partial charge in [-0.05, 0) is 81.6 Å². The molecule has 1 aliphatic heterocycles. The largest absolute Gasteiger partial charge is 0.338 e. The van der Waals surface area contributed by atoms with Crippen molar-refractivity contribution in [3.63, 3.8) is 0 Å². The van der Waals surface area contributed by atoms with E-state index in [1.165, 1.54) is 19.3 Å². The van der Waals surface area contributed by atoms with Crippen LogP contribution in [0.15, 0.2) is 11.0 Å². The summed E-state index contributed by atoms with van der Waals surface area (Å²) in [5.41, 5.74) is 5.74. The van der Waals surface area contributed by atoms with Crippen molar-refractivity contribution in [1.82, 2.24) is 14.9 Å². The normalized spacial score (nSPS) is 37.6. The molecule has 146 valence electrons. The van der Waals surface area contributed by atoms with Gasteiger partial charge in [0.2, 0.25) is 0 Å². The van der Waals surface area contributed by atoms with Crippen LogP contribution in [0.4, 0.5) is 0 Å². The van der Waals surface area contributed by atoms with Gasteiger partial charge in [0.05, 0.1) is 0 Å². The number of likely N-dealkylation sites (tertiary alicyclic amines) is 1. The summed E-state index contributed by atoms with van der Waals surface area (Å²) in [5, 5.41) is 0. The van der Waals surface area contributed by atoms with Crippen LogP contribution >= 0.6 is 0 Å². The summed E-state index contributed by atoms with van der Waals surface area (Å²) < 4.78 is 0. The third-order valence-electron chi connectivity index (χ3n) is 7.71. The number of nitrogens with one attached hydrogen (secondary N) is 1. The fraction of sp³-hybridized carbons (Fsp3) is 0.762. The van der Waals surface area contributed by atoms with Crippen LogP contribution in [0, 0.1) is 23.7 Å². The van der Waals surface area contributed by atoms with Gasteiger partial charge in [-0.1, -0.05) is 0 Å². The Hall–Kier alpha value is -1.69. The van der Waals surface area contributed by atoms with Gasteiger partial charge >= 0.3 is 0 Å². The first-order chi connectivity index (χ1) is 13.1.